The number of Topliss-reactive ketones (excluding diaryl/α,β-unsaturated/α-hetero) is 1. The number of benzene rings is 1. The van der Waals surface area contributed by atoms with E-state index in [-0.39, 0.29) is 65.1 Å². The monoisotopic (exact) mass is 1420 g/mol. The molecule has 0 aromatic heterocycles. The predicted octanol–water partition coefficient (Wildman–Crippen LogP) is -2.49. The number of rotatable bonds is 24. The lowest BCUT2D eigenvalue weighted by atomic mass is 9.46. The molecule has 1 aromatic rings. The molecule has 1 aromatic carbocycles. The summed E-state index contributed by atoms with van der Waals surface area (Å²) in [6.45, 7) is 7.78. The van der Waals surface area contributed by atoms with Crippen molar-refractivity contribution in [1.29, 1.82) is 0 Å². The molecular weight excluding hydrogens is 1320 g/mol. The number of ether oxygens (including phenoxy) is 15. The molecule has 14 N–H and O–H groups in total. The lowest BCUT2D eigenvalue weighted by Gasteiger charge is -2.59. The number of esters is 2. The molecule has 32 atom stereocenters. The van der Waals surface area contributed by atoms with Crippen molar-refractivity contribution in [3.63, 3.8) is 0 Å². The van der Waals surface area contributed by atoms with Gasteiger partial charge in [-0.2, -0.15) is 0 Å². The van der Waals surface area contributed by atoms with Gasteiger partial charge in [0.15, 0.2) is 55.2 Å². The number of methoxy groups -OCH3 is 3. The fourth-order valence-electron chi connectivity index (χ4n) is 16.9. The number of hydrogen-bond donors (Lipinski definition) is 14. The molecule has 562 valence electrons. The van der Waals surface area contributed by atoms with Crippen molar-refractivity contribution in [3.05, 3.63) is 29.3 Å². The summed E-state index contributed by atoms with van der Waals surface area (Å²) in [6, 6.07) is 2.62. The van der Waals surface area contributed by atoms with Crippen LogP contribution in [0.1, 0.15) is 110 Å². The second-order valence-electron chi connectivity index (χ2n) is 28.9. The molecule has 5 aliphatic heterocycles. The van der Waals surface area contributed by atoms with Gasteiger partial charge in [-0.1, -0.05) is 46.3 Å². The minimum atomic E-state index is -1.92. The number of allylic oxidation sites excluding steroid dienone is 1. The van der Waals surface area contributed by atoms with E-state index in [4.69, 9.17) is 71.1 Å². The van der Waals surface area contributed by atoms with Gasteiger partial charge in [0.05, 0.1) is 72.1 Å². The third-order valence-electron chi connectivity index (χ3n) is 22.7. The quantitative estimate of drug-likeness (QED) is 0.0376. The maximum absolute atomic E-state index is 14.6. The summed E-state index contributed by atoms with van der Waals surface area (Å²) in [6.07, 6.45) is -34.3. The molecule has 0 spiro atoms. The Morgan fingerprint density at radius 2 is 1.19 bits per heavy atom. The Hall–Kier alpha value is -3.99. The fraction of sp³-hybridized carbons (Fsp3) is 0.836. The average molecular weight is 1420 g/mol. The van der Waals surface area contributed by atoms with Crippen LogP contribution < -0.4 is 14.2 Å². The van der Waals surface area contributed by atoms with Gasteiger partial charge in [-0.05, 0) is 92.6 Å². The summed E-state index contributed by atoms with van der Waals surface area (Å²) in [5.41, 5.74) is -2.29. The molecule has 32 nitrogen and oxygen atoms in total. The van der Waals surface area contributed by atoms with Crippen LogP contribution in [0.4, 0.5) is 0 Å². The highest BCUT2D eigenvalue weighted by atomic mass is 16.8. The summed E-state index contributed by atoms with van der Waals surface area (Å²) < 4.78 is 88.3. The molecule has 3 saturated carbocycles. The van der Waals surface area contributed by atoms with Crippen LogP contribution in [-0.2, 0) is 66.4 Å². The normalized spacial score (nSPS) is 44.9. The maximum atomic E-state index is 14.6. The molecular formula is C67H102O32. The van der Waals surface area contributed by atoms with Crippen molar-refractivity contribution in [3.8, 4) is 17.2 Å². The van der Waals surface area contributed by atoms with Gasteiger partial charge < -0.3 is 143 Å². The summed E-state index contributed by atoms with van der Waals surface area (Å²) in [7, 11) is 4.06. The summed E-state index contributed by atoms with van der Waals surface area (Å²) in [5.74, 6) is -2.83. The van der Waals surface area contributed by atoms with Crippen LogP contribution in [0.5, 0.6) is 17.2 Å². The number of aliphatic hydroxyl groups is 14. The minimum absolute atomic E-state index is 0.0326. The van der Waals surface area contributed by atoms with Crippen LogP contribution >= 0.6 is 0 Å². The first kappa shape index (κ1) is 77.6. The van der Waals surface area contributed by atoms with E-state index < -0.39 is 221 Å². The van der Waals surface area contributed by atoms with E-state index in [0.717, 1.165) is 12.5 Å². The second kappa shape index (κ2) is 31.8. The molecule has 99 heavy (non-hydrogen) atoms. The number of fused-ring (bicyclic) bond motifs is 5. The van der Waals surface area contributed by atoms with E-state index in [2.05, 4.69) is 13.0 Å². The highest BCUT2D eigenvalue weighted by Crippen LogP contribution is 2.69. The molecule has 4 aliphatic carbocycles. The van der Waals surface area contributed by atoms with Crippen LogP contribution in [-0.4, -0.2) is 303 Å². The zero-order valence-electron chi connectivity index (χ0n) is 57.1. The summed E-state index contributed by atoms with van der Waals surface area (Å²) >= 11 is 0. The van der Waals surface area contributed by atoms with E-state index in [9.17, 15) is 85.9 Å². The number of carbonyl (C=O) groups excluding carboxylic acids is 3. The van der Waals surface area contributed by atoms with Crippen molar-refractivity contribution >= 4 is 17.7 Å². The number of ketones is 1. The molecule has 9 aliphatic rings. The topological polar surface area (TPSA) is 473 Å². The minimum Gasteiger partial charge on any atom is -0.493 e. The first-order valence-electron chi connectivity index (χ1n) is 34.2. The third kappa shape index (κ3) is 15.0. The fourth-order valence-corrected chi connectivity index (χ4v) is 16.9. The first-order valence-corrected chi connectivity index (χ1v) is 34.2. The molecule has 0 unspecified atom stereocenters. The smallest absolute Gasteiger partial charge is 0.338 e. The van der Waals surface area contributed by atoms with Crippen molar-refractivity contribution in [2.24, 2.45) is 40.4 Å². The largest absolute Gasteiger partial charge is 0.493 e. The number of carbonyl (C=O) groups is 3. The van der Waals surface area contributed by atoms with E-state index in [1.165, 1.54) is 33.5 Å². The molecule has 32 heteroatoms. The molecule has 10 rings (SSSR count). The molecule has 5 saturated heterocycles. The predicted molar refractivity (Wildman–Crippen MR) is 332 cm³/mol. The number of hydrogen-bond acceptors (Lipinski definition) is 32. The number of aliphatic hydroxyl groups excluding tert-OH is 13. The van der Waals surface area contributed by atoms with Gasteiger partial charge in [-0.3, -0.25) is 9.59 Å². The van der Waals surface area contributed by atoms with Crippen LogP contribution in [0.3, 0.4) is 0 Å². The zero-order chi connectivity index (χ0) is 72.1. The summed E-state index contributed by atoms with van der Waals surface area (Å²) in [5, 5.41) is 155. The maximum Gasteiger partial charge on any atom is 0.338 e. The van der Waals surface area contributed by atoms with Crippen LogP contribution in [0.15, 0.2) is 23.8 Å². The Labute approximate surface area is 572 Å². The van der Waals surface area contributed by atoms with Gasteiger partial charge in [0, 0.05) is 24.7 Å². The van der Waals surface area contributed by atoms with Gasteiger partial charge in [0.25, 0.3) is 0 Å². The van der Waals surface area contributed by atoms with Gasteiger partial charge in [-0.15, -0.1) is 0 Å². The van der Waals surface area contributed by atoms with Crippen molar-refractivity contribution in [1.82, 2.24) is 0 Å². The van der Waals surface area contributed by atoms with E-state index in [1.807, 2.05) is 20.8 Å². The van der Waals surface area contributed by atoms with Crippen molar-refractivity contribution < 1.29 is 157 Å². The zero-order valence-corrected chi connectivity index (χ0v) is 57.1. The van der Waals surface area contributed by atoms with E-state index in [0.29, 0.717) is 44.9 Å². The second-order valence-corrected chi connectivity index (χ2v) is 28.9. The van der Waals surface area contributed by atoms with Gasteiger partial charge in [0.1, 0.15) is 109 Å². The highest BCUT2D eigenvalue weighted by Gasteiger charge is 2.71. The Balaban J connectivity index is 0.834. The summed E-state index contributed by atoms with van der Waals surface area (Å²) in [4.78, 5) is 41.6. The van der Waals surface area contributed by atoms with Crippen LogP contribution in [0, 0.1) is 40.4 Å². The SMILES string of the molecule is COc1cc(C(=O)O[C@H]2[C@H](O[C@@H]3[C@@H](OC(C)=O)[C@H](O[C@H]4C[C@H]5[C@@H]6CC=C7C[C@@H](O[C@@H]8O[C@H](CO[C@@H]9O[C@H](CO)[C@@H](O[C@@H]%10O[C@H](CO)[C@@H](O)[C@H](O)[C@H]%10O)[C@H](O)[C@H]9O)[C@@H](O)[C@H](O)[C@H]8O)CC[C@]7(C)[C@H]6CC[C@]5(C)[C@@]4(O)[C@H](C)C(=O)CCC(C)C)OC[C@@H]3O)OC[C@@H](O)[C@@H]2O)cc(OC)c1OC. The van der Waals surface area contributed by atoms with E-state index >= 15 is 0 Å². The molecule has 8 fully saturated rings. The lowest BCUT2D eigenvalue weighted by molar-refractivity contribution is -0.365. The molecule has 0 radical (unpaired) electrons. The molecule has 5 heterocycles. The van der Waals surface area contributed by atoms with Gasteiger partial charge in [0.2, 0.25) is 5.75 Å². The average Bonchev–Trinajstić information content (AvgIpc) is 1.57. The Morgan fingerprint density at radius 1 is 0.606 bits per heavy atom. The lowest BCUT2D eigenvalue weighted by Crippen LogP contribution is -2.65. The first-order chi connectivity index (χ1) is 46.9. The molecule has 0 bridgehead atoms. The standard InChI is InChI=1S/C67H102O32/c1-27(2)10-13-36(71)28(3)67(84)44(96-64-58(91-29(4)70)54(38(73)25-89-64)98-63-57(45(74)37(72)24-88-63)97-59(83)30-18-39(85-7)55(87-9)40(19-30)86-8)21-35-33-12-11-31-20-32(14-16-65(31,5)34(33)15-17-66(35,67)6)92-61-51(80)49(78)47(76)43(95-61)26-90-60-53(82)50(79)56(42(23-69)94-60)99-62-52(81)48(77)46(75)41(22-68)93-62/h11,18-19,27-28,32-35,37-38,41-54,56-58,60-64,68-69,72-82,84H,10,12-17,20-26H2,1-9H3/t28-,32+,33-,34+,35+,37-,38+,41-,42-,43-,44+,45+,46-,47-,48+,49+,50-,51-,52-,53-,54+,56-,57-,58-,60-,61-,62+,63+,64+,65+,66+,67-/m1/s1. The highest BCUT2D eigenvalue weighted by molar-refractivity contribution is 5.91. The van der Waals surface area contributed by atoms with Crippen molar-refractivity contribution in [2.45, 2.75) is 258 Å². The molecule has 0 amide bonds. The Bertz CT molecular complexity index is 2910. The van der Waals surface area contributed by atoms with Gasteiger partial charge in [-0.25, -0.2) is 4.79 Å². The van der Waals surface area contributed by atoms with Crippen LogP contribution in [0.2, 0.25) is 0 Å². The van der Waals surface area contributed by atoms with Crippen molar-refractivity contribution in [2.75, 3.05) is 54.4 Å². The van der Waals surface area contributed by atoms with Gasteiger partial charge >= 0.3 is 11.9 Å². The third-order valence-corrected chi connectivity index (χ3v) is 22.7. The van der Waals surface area contributed by atoms with E-state index in [1.54, 1.807) is 6.92 Å². The Kier molecular flexibility index (Phi) is 24.9. The van der Waals surface area contributed by atoms with Crippen LogP contribution in [0.25, 0.3) is 0 Å². The Morgan fingerprint density at radius 3 is 1.81 bits per heavy atom.